The number of carbonyl (C=O) groups excluding carboxylic acids is 1. The molecule has 0 bridgehead atoms. The van der Waals surface area contributed by atoms with Crippen LogP contribution in [0.4, 0.5) is 0 Å². The van der Waals surface area contributed by atoms with Gasteiger partial charge in [-0.2, -0.15) is 0 Å². The summed E-state index contributed by atoms with van der Waals surface area (Å²) in [6, 6.07) is 5.80. The van der Waals surface area contributed by atoms with E-state index in [1.165, 1.54) is 6.08 Å². The minimum atomic E-state index is -1.08. The Labute approximate surface area is 107 Å². The van der Waals surface area contributed by atoms with Crippen molar-refractivity contribution in [3.63, 3.8) is 0 Å². The van der Waals surface area contributed by atoms with Crippen molar-refractivity contribution in [3.8, 4) is 0 Å². The van der Waals surface area contributed by atoms with Gasteiger partial charge in [0.25, 0.3) is 5.91 Å². The van der Waals surface area contributed by atoms with Crippen molar-refractivity contribution in [3.05, 3.63) is 47.0 Å². The predicted molar refractivity (Wildman–Crippen MR) is 67.8 cm³/mol. The van der Waals surface area contributed by atoms with Gasteiger partial charge in [0.15, 0.2) is 0 Å². The second-order valence-corrected chi connectivity index (χ2v) is 4.31. The smallest absolute Gasteiger partial charge is 0.326 e. The van der Waals surface area contributed by atoms with E-state index in [9.17, 15) is 9.59 Å². The van der Waals surface area contributed by atoms with E-state index in [0.29, 0.717) is 5.56 Å². The molecule has 0 aliphatic rings. The molecule has 0 spiro atoms. The number of hydrogen-bond acceptors (Lipinski definition) is 2. The maximum absolute atomic E-state index is 11.8. The fourth-order valence-corrected chi connectivity index (χ4v) is 1.66. The molecule has 1 aromatic carbocycles. The zero-order valence-corrected chi connectivity index (χ0v) is 10.6. The van der Waals surface area contributed by atoms with Gasteiger partial charge in [0.2, 0.25) is 0 Å². The van der Waals surface area contributed by atoms with E-state index in [1.54, 1.807) is 24.3 Å². The number of aliphatic carboxylic acids is 1. The summed E-state index contributed by atoms with van der Waals surface area (Å²) >= 11 is 3.24. The lowest BCUT2D eigenvalue weighted by Crippen LogP contribution is -2.40. The molecule has 0 unspecified atom stereocenters. The van der Waals surface area contributed by atoms with E-state index in [-0.39, 0.29) is 6.42 Å². The number of nitrogens with one attached hydrogen (secondary N) is 1. The van der Waals surface area contributed by atoms with Gasteiger partial charge >= 0.3 is 5.97 Å². The number of carboxylic acid groups (broad SMARTS) is 1. The zero-order valence-electron chi connectivity index (χ0n) is 9.02. The van der Waals surface area contributed by atoms with Gasteiger partial charge in [-0.25, -0.2) is 4.79 Å². The van der Waals surface area contributed by atoms with E-state index in [4.69, 9.17) is 5.11 Å². The fourth-order valence-electron chi connectivity index (χ4n) is 1.26. The van der Waals surface area contributed by atoms with Crippen LogP contribution in [0.25, 0.3) is 0 Å². The molecule has 90 valence electrons. The molecule has 0 aliphatic heterocycles. The third-order valence-electron chi connectivity index (χ3n) is 2.09. The van der Waals surface area contributed by atoms with Crippen LogP contribution in [0, 0.1) is 0 Å². The summed E-state index contributed by atoms with van der Waals surface area (Å²) in [5.41, 5.74) is 0.412. The van der Waals surface area contributed by atoms with Crippen molar-refractivity contribution < 1.29 is 14.7 Å². The van der Waals surface area contributed by atoms with Gasteiger partial charge < -0.3 is 10.4 Å². The molecule has 5 heteroatoms. The lowest BCUT2D eigenvalue weighted by atomic mass is 10.1. The first-order chi connectivity index (χ1) is 8.04. The van der Waals surface area contributed by atoms with Gasteiger partial charge in [-0.15, -0.1) is 6.58 Å². The van der Waals surface area contributed by atoms with Crippen molar-refractivity contribution in [2.45, 2.75) is 12.5 Å². The third kappa shape index (κ3) is 4.03. The maximum Gasteiger partial charge on any atom is 0.326 e. The molecule has 0 saturated heterocycles. The molecule has 0 heterocycles. The number of rotatable bonds is 5. The highest BCUT2D eigenvalue weighted by Gasteiger charge is 2.18. The maximum atomic E-state index is 11.8. The lowest BCUT2D eigenvalue weighted by molar-refractivity contribution is -0.139. The Morgan fingerprint density at radius 1 is 1.53 bits per heavy atom. The highest BCUT2D eigenvalue weighted by molar-refractivity contribution is 9.10. The molecule has 1 rings (SSSR count). The largest absolute Gasteiger partial charge is 0.480 e. The number of carbonyl (C=O) groups is 2. The SMILES string of the molecule is C=CC[C@@H](NC(=O)c1cccc(Br)c1)C(=O)O. The van der Waals surface area contributed by atoms with Gasteiger partial charge in [-0.05, 0) is 24.6 Å². The predicted octanol–water partition coefficient (Wildman–Crippen LogP) is 2.21. The van der Waals surface area contributed by atoms with Gasteiger partial charge in [0, 0.05) is 10.0 Å². The average Bonchev–Trinajstić information content (AvgIpc) is 2.28. The van der Waals surface area contributed by atoms with Crippen LogP contribution in [0.5, 0.6) is 0 Å². The van der Waals surface area contributed by atoms with Crippen LogP contribution in [0.15, 0.2) is 41.4 Å². The van der Waals surface area contributed by atoms with Crippen molar-refractivity contribution in [2.75, 3.05) is 0 Å². The number of amides is 1. The molecule has 0 radical (unpaired) electrons. The number of benzene rings is 1. The Kier molecular flexibility index (Phi) is 4.90. The Morgan fingerprint density at radius 2 is 2.24 bits per heavy atom. The summed E-state index contributed by atoms with van der Waals surface area (Å²) in [7, 11) is 0. The summed E-state index contributed by atoms with van der Waals surface area (Å²) in [4.78, 5) is 22.6. The molecule has 0 aliphatic carbocycles. The van der Waals surface area contributed by atoms with Crippen LogP contribution < -0.4 is 5.32 Å². The standard InChI is InChI=1S/C12H12BrNO3/c1-2-4-10(12(16)17)14-11(15)8-5-3-6-9(13)7-8/h2-3,5-7,10H,1,4H2,(H,14,15)(H,16,17)/t10-/m1/s1. The Balaban J connectivity index is 2.77. The fraction of sp³-hybridized carbons (Fsp3) is 0.167. The minimum Gasteiger partial charge on any atom is -0.480 e. The third-order valence-corrected chi connectivity index (χ3v) is 2.59. The molecule has 1 amide bonds. The molecule has 0 aromatic heterocycles. The quantitative estimate of drug-likeness (QED) is 0.819. The molecule has 0 saturated carbocycles. The van der Waals surface area contributed by atoms with Gasteiger partial charge in [-0.3, -0.25) is 4.79 Å². The highest BCUT2D eigenvalue weighted by atomic mass is 79.9. The number of halogens is 1. The van der Waals surface area contributed by atoms with Crippen LogP contribution in [0.3, 0.4) is 0 Å². The van der Waals surface area contributed by atoms with Gasteiger partial charge in [0.05, 0.1) is 0 Å². The van der Waals surface area contributed by atoms with Crippen molar-refractivity contribution in [1.82, 2.24) is 5.32 Å². The summed E-state index contributed by atoms with van der Waals surface area (Å²) < 4.78 is 0.765. The van der Waals surface area contributed by atoms with Crippen LogP contribution >= 0.6 is 15.9 Å². The molecule has 1 aromatic rings. The lowest BCUT2D eigenvalue weighted by Gasteiger charge is -2.12. The Morgan fingerprint density at radius 3 is 2.76 bits per heavy atom. The van der Waals surface area contributed by atoms with Crippen molar-refractivity contribution >= 4 is 27.8 Å². The van der Waals surface area contributed by atoms with Gasteiger partial charge in [-0.1, -0.05) is 28.1 Å². The van der Waals surface area contributed by atoms with E-state index in [2.05, 4.69) is 27.8 Å². The molecule has 0 fully saturated rings. The first-order valence-electron chi connectivity index (χ1n) is 4.94. The van der Waals surface area contributed by atoms with Crippen LogP contribution in [0.2, 0.25) is 0 Å². The highest BCUT2D eigenvalue weighted by Crippen LogP contribution is 2.11. The second kappa shape index (κ2) is 6.20. The second-order valence-electron chi connectivity index (χ2n) is 3.40. The first-order valence-corrected chi connectivity index (χ1v) is 5.74. The summed E-state index contributed by atoms with van der Waals surface area (Å²) in [6.07, 6.45) is 1.65. The monoisotopic (exact) mass is 297 g/mol. The van der Waals surface area contributed by atoms with Crippen molar-refractivity contribution in [2.24, 2.45) is 0 Å². The molecule has 2 N–H and O–H groups in total. The Bertz CT molecular complexity index is 445. The summed E-state index contributed by atoms with van der Waals surface area (Å²) in [5, 5.41) is 11.3. The summed E-state index contributed by atoms with van der Waals surface area (Å²) in [5.74, 6) is -1.49. The number of carboxylic acids is 1. The minimum absolute atomic E-state index is 0.190. The van der Waals surface area contributed by atoms with Crippen LogP contribution in [-0.4, -0.2) is 23.0 Å². The van der Waals surface area contributed by atoms with E-state index in [1.807, 2.05) is 0 Å². The number of hydrogen-bond donors (Lipinski definition) is 2. The Hall–Kier alpha value is -1.62. The topological polar surface area (TPSA) is 66.4 Å². The molecule has 17 heavy (non-hydrogen) atoms. The first kappa shape index (κ1) is 13.4. The van der Waals surface area contributed by atoms with E-state index in [0.717, 1.165) is 4.47 Å². The summed E-state index contributed by atoms with van der Waals surface area (Å²) in [6.45, 7) is 3.45. The molecule has 1 atom stereocenters. The molecular formula is C12H12BrNO3. The van der Waals surface area contributed by atoms with Gasteiger partial charge in [0.1, 0.15) is 6.04 Å². The van der Waals surface area contributed by atoms with Crippen LogP contribution in [-0.2, 0) is 4.79 Å². The van der Waals surface area contributed by atoms with Crippen LogP contribution in [0.1, 0.15) is 16.8 Å². The average molecular weight is 298 g/mol. The molecule has 4 nitrogen and oxygen atoms in total. The molecular weight excluding hydrogens is 286 g/mol. The van der Waals surface area contributed by atoms with Crippen molar-refractivity contribution in [1.29, 1.82) is 0 Å². The van der Waals surface area contributed by atoms with E-state index < -0.39 is 17.9 Å². The zero-order chi connectivity index (χ0) is 12.8. The van der Waals surface area contributed by atoms with E-state index >= 15 is 0 Å². The normalized spacial score (nSPS) is 11.6.